The van der Waals surface area contributed by atoms with Crippen LogP contribution in [0, 0.1) is 12.1 Å². The van der Waals surface area contributed by atoms with E-state index in [9.17, 15) is 0 Å². The molecule has 4 heterocycles. The minimum Gasteiger partial charge on any atom is -0.501 e. The second-order valence-corrected chi connectivity index (χ2v) is 14.6. The van der Waals surface area contributed by atoms with Crippen LogP contribution in [0.2, 0.25) is 0 Å². The molecule has 4 aromatic heterocycles. The molecule has 0 saturated carbocycles. The fourth-order valence-electron chi connectivity index (χ4n) is 7.63. The SMILES string of the molecule is CC(C)c1cccc(C(C)C)c1-n1c(-c2[c-]ccc3c2oc2ccccc23)nc2c3ccccc3ncc21.[Ir].[c-]1ccccc1-c1cc(-c2ccccc2)ccn1. The van der Waals surface area contributed by atoms with Crippen LogP contribution in [0.15, 0.2) is 162 Å². The Morgan fingerprint density at radius 3 is 2.09 bits per heavy atom. The van der Waals surface area contributed by atoms with Crippen LogP contribution in [0.3, 0.4) is 0 Å². The predicted octanol–water partition coefficient (Wildman–Crippen LogP) is 13.4. The Hall–Kier alpha value is -6.20. The van der Waals surface area contributed by atoms with Gasteiger partial charge in [-0.25, -0.2) is 0 Å². The van der Waals surface area contributed by atoms with E-state index in [-0.39, 0.29) is 20.1 Å². The number of imidazole rings is 1. The number of fused-ring (bicyclic) bond motifs is 6. The monoisotopic (exact) mass is 917 g/mol. The molecule has 0 saturated heterocycles. The second-order valence-electron chi connectivity index (χ2n) is 14.6. The maximum absolute atomic E-state index is 6.47. The van der Waals surface area contributed by atoms with Gasteiger partial charge in [-0.15, -0.1) is 54.1 Å². The summed E-state index contributed by atoms with van der Waals surface area (Å²) < 4.78 is 8.77. The largest absolute Gasteiger partial charge is 0.501 e. The number of para-hydroxylation sites is 3. The van der Waals surface area contributed by atoms with Crippen LogP contribution in [-0.2, 0) is 20.1 Å². The maximum Gasteiger partial charge on any atom is 0.120 e. The average molecular weight is 917 g/mol. The van der Waals surface area contributed by atoms with Gasteiger partial charge in [-0.1, -0.05) is 130 Å². The van der Waals surface area contributed by atoms with Gasteiger partial charge in [0.1, 0.15) is 5.58 Å². The first kappa shape index (κ1) is 37.7. The number of rotatable bonds is 6. The summed E-state index contributed by atoms with van der Waals surface area (Å²) in [5.74, 6) is 1.47. The van der Waals surface area contributed by atoms with Crippen LogP contribution < -0.4 is 0 Å². The predicted molar refractivity (Wildman–Crippen MR) is 230 cm³/mol. The summed E-state index contributed by atoms with van der Waals surface area (Å²) in [7, 11) is 0. The van der Waals surface area contributed by atoms with E-state index in [2.05, 4.69) is 116 Å². The topological polar surface area (TPSA) is 56.7 Å². The zero-order valence-corrected chi connectivity index (χ0v) is 34.6. The van der Waals surface area contributed by atoms with E-state index in [4.69, 9.17) is 14.4 Å². The molecule has 0 spiro atoms. The van der Waals surface area contributed by atoms with E-state index in [1.807, 2.05) is 91.3 Å². The van der Waals surface area contributed by atoms with Crippen LogP contribution in [0.5, 0.6) is 0 Å². The number of furan rings is 1. The molecule has 0 aliphatic carbocycles. The standard InChI is InChI=1S/C34H28N3O.C17H12N.Ir/c1-20(2)22-13-9-14-23(21(3)4)32(22)37-29-19-35-28-17-7-5-12-26(28)31(29)36-34(37)27-16-10-15-25-24-11-6-8-18-30(24)38-33(25)27;1-3-7-14(8-4-1)16-11-12-18-17(13-16)15-9-5-2-6-10-15;/h5-15,17-21H,1-4H3;1-9,11-13H;/q2*-1;. The summed E-state index contributed by atoms with van der Waals surface area (Å²) in [5.41, 5.74) is 13.5. The molecule has 0 unspecified atom stereocenters. The second kappa shape index (κ2) is 16.1. The van der Waals surface area contributed by atoms with Crippen LogP contribution in [0.1, 0.15) is 50.7 Å². The van der Waals surface area contributed by atoms with Crippen molar-refractivity contribution in [1.82, 2.24) is 19.5 Å². The van der Waals surface area contributed by atoms with Gasteiger partial charge in [0.2, 0.25) is 0 Å². The van der Waals surface area contributed by atoms with E-state index < -0.39 is 0 Å². The van der Waals surface area contributed by atoms with E-state index in [1.54, 1.807) is 0 Å². The van der Waals surface area contributed by atoms with Crippen molar-refractivity contribution in [3.8, 4) is 39.5 Å². The number of aromatic nitrogens is 4. The van der Waals surface area contributed by atoms with Gasteiger partial charge in [0, 0.05) is 42.8 Å². The molecule has 6 heteroatoms. The van der Waals surface area contributed by atoms with Gasteiger partial charge in [-0.2, -0.15) is 0 Å². The molecule has 0 bridgehead atoms. The number of nitrogens with zero attached hydrogens (tertiary/aromatic N) is 4. The molecule has 0 aliphatic heterocycles. The van der Waals surface area contributed by atoms with Crippen molar-refractivity contribution in [2.45, 2.75) is 39.5 Å². The third-order valence-corrected chi connectivity index (χ3v) is 10.4. The van der Waals surface area contributed by atoms with Gasteiger partial charge in [0.15, 0.2) is 0 Å². The van der Waals surface area contributed by atoms with Crippen molar-refractivity contribution < 1.29 is 24.5 Å². The quantitative estimate of drug-likeness (QED) is 0.156. The van der Waals surface area contributed by atoms with Crippen molar-refractivity contribution in [3.05, 3.63) is 181 Å². The van der Waals surface area contributed by atoms with Crippen molar-refractivity contribution in [2.75, 3.05) is 0 Å². The number of pyridine rings is 2. The van der Waals surface area contributed by atoms with Crippen LogP contribution in [-0.4, -0.2) is 19.5 Å². The number of benzene rings is 6. The molecular formula is C51H40IrN4O-2. The minimum absolute atomic E-state index is 0. The molecule has 5 nitrogen and oxygen atoms in total. The molecule has 0 N–H and O–H groups in total. The first-order chi connectivity index (χ1) is 27.5. The van der Waals surface area contributed by atoms with E-state index in [1.165, 1.54) is 27.9 Å². The maximum atomic E-state index is 6.47. The van der Waals surface area contributed by atoms with Crippen LogP contribution >= 0.6 is 0 Å². The Morgan fingerprint density at radius 1 is 0.614 bits per heavy atom. The van der Waals surface area contributed by atoms with Crippen molar-refractivity contribution >= 4 is 43.9 Å². The van der Waals surface area contributed by atoms with Gasteiger partial charge in [-0.05, 0) is 58.0 Å². The molecule has 1 radical (unpaired) electrons. The molecule has 10 rings (SSSR count). The Kier molecular flexibility index (Phi) is 10.7. The molecule has 10 aromatic rings. The molecule has 57 heavy (non-hydrogen) atoms. The van der Waals surface area contributed by atoms with Crippen molar-refractivity contribution in [3.63, 3.8) is 0 Å². The first-order valence-corrected chi connectivity index (χ1v) is 19.2. The average Bonchev–Trinajstić information content (AvgIpc) is 3.83. The van der Waals surface area contributed by atoms with Gasteiger partial charge in [0.25, 0.3) is 0 Å². The summed E-state index contributed by atoms with van der Waals surface area (Å²) in [6.45, 7) is 9.01. The first-order valence-electron chi connectivity index (χ1n) is 19.2. The molecule has 6 aromatic carbocycles. The fraction of sp³-hybridized carbons (Fsp3) is 0.118. The Balaban J connectivity index is 0.000000201. The summed E-state index contributed by atoms with van der Waals surface area (Å²) in [4.78, 5) is 14.6. The van der Waals surface area contributed by atoms with E-state index in [0.29, 0.717) is 11.8 Å². The number of hydrogen-bond donors (Lipinski definition) is 0. The van der Waals surface area contributed by atoms with Gasteiger partial charge in [0.05, 0.1) is 34.2 Å². The molecule has 0 aliphatic rings. The summed E-state index contributed by atoms with van der Waals surface area (Å²) in [6.07, 6.45) is 3.81. The normalized spacial score (nSPS) is 11.3. The summed E-state index contributed by atoms with van der Waals surface area (Å²) in [6, 6.07) is 56.2. The molecule has 0 amide bonds. The summed E-state index contributed by atoms with van der Waals surface area (Å²) in [5, 5.41) is 3.20. The van der Waals surface area contributed by atoms with Gasteiger partial charge in [-0.3, -0.25) is 9.97 Å². The van der Waals surface area contributed by atoms with Crippen LogP contribution in [0.4, 0.5) is 0 Å². The molecule has 0 fully saturated rings. The molecule has 0 atom stereocenters. The molecular weight excluding hydrogens is 877 g/mol. The molecule has 281 valence electrons. The van der Waals surface area contributed by atoms with Crippen molar-refractivity contribution in [1.29, 1.82) is 0 Å². The van der Waals surface area contributed by atoms with Crippen molar-refractivity contribution in [2.24, 2.45) is 0 Å². The van der Waals surface area contributed by atoms with Gasteiger partial charge >= 0.3 is 0 Å². The zero-order chi connectivity index (χ0) is 38.2. The Labute approximate surface area is 346 Å². The third kappa shape index (κ3) is 7.08. The zero-order valence-electron chi connectivity index (χ0n) is 32.2. The minimum atomic E-state index is 0. The van der Waals surface area contributed by atoms with E-state index >= 15 is 0 Å². The summed E-state index contributed by atoms with van der Waals surface area (Å²) >= 11 is 0. The van der Waals surface area contributed by atoms with E-state index in [0.717, 1.165) is 66.5 Å². The third-order valence-electron chi connectivity index (χ3n) is 10.4. The number of hydrogen-bond acceptors (Lipinski definition) is 4. The Bertz CT molecular complexity index is 2900. The fourth-order valence-corrected chi connectivity index (χ4v) is 7.63. The Morgan fingerprint density at radius 2 is 1.33 bits per heavy atom. The van der Waals surface area contributed by atoms with Crippen LogP contribution in [0.25, 0.3) is 83.3 Å². The smallest absolute Gasteiger partial charge is 0.120 e. The van der Waals surface area contributed by atoms with Gasteiger partial charge < -0.3 is 14.0 Å².